The topological polar surface area (TPSA) is 26.3 Å². The molecule has 3 heteroatoms. The van der Waals surface area contributed by atoms with Gasteiger partial charge in [-0.3, -0.25) is 4.79 Å². The summed E-state index contributed by atoms with van der Waals surface area (Å²) < 4.78 is 6.86. The van der Waals surface area contributed by atoms with Crippen LogP contribution in [-0.4, -0.2) is 20.7 Å². The molecule has 30 heavy (non-hydrogen) atoms. The van der Waals surface area contributed by atoms with Crippen LogP contribution in [-0.2, 0) is 9.22 Å². The van der Waals surface area contributed by atoms with Crippen molar-refractivity contribution < 1.29 is 9.22 Å². The number of Topliss-reactive ketones (excluding diaryl/α,β-unsaturated/α-hetero) is 1. The lowest BCUT2D eigenvalue weighted by atomic mass is 9.30. The van der Waals surface area contributed by atoms with Crippen molar-refractivity contribution in [3.05, 3.63) is 12.2 Å². The third kappa shape index (κ3) is 2.86. The summed E-state index contributed by atoms with van der Waals surface area (Å²) >= 11 is 0. The minimum absolute atomic E-state index is 0.141. The van der Waals surface area contributed by atoms with Crippen molar-refractivity contribution in [3.63, 3.8) is 0 Å². The maximum absolute atomic E-state index is 13.3. The summed E-state index contributed by atoms with van der Waals surface area (Å²) in [5, 5.41) is 0.250. The molecule has 0 aromatic heterocycles. The molecule has 4 aliphatic rings. The fourth-order valence-corrected chi connectivity index (χ4v) is 9.49. The molecular formula is C27H46O2Si. The van der Waals surface area contributed by atoms with E-state index >= 15 is 0 Å². The molecule has 0 saturated heterocycles. The molecule has 4 fully saturated rings. The summed E-state index contributed by atoms with van der Waals surface area (Å²) in [6.07, 6.45) is 8.68. The monoisotopic (exact) mass is 430 g/mol. The quantitative estimate of drug-likeness (QED) is 0.344. The Morgan fingerprint density at radius 1 is 1.17 bits per heavy atom. The molecule has 4 aliphatic carbocycles. The van der Waals surface area contributed by atoms with E-state index in [1.165, 1.54) is 37.7 Å². The second-order valence-electron chi connectivity index (χ2n) is 13.6. The first-order valence-corrected chi connectivity index (χ1v) is 15.5. The molecule has 7 atom stereocenters. The maximum atomic E-state index is 13.3. The molecule has 0 aliphatic heterocycles. The first kappa shape index (κ1) is 22.8. The Morgan fingerprint density at radius 3 is 2.43 bits per heavy atom. The normalized spacial score (nSPS) is 46.5. The second-order valence-corrected chi connectivity index (χ2v) is 18.5. The van der Waals surface area contributed by atoms with Crippen LogP contribution in [0.4, 0.5) is 0 Å². The molecule has 0 amide bonds. The standard InChI is InChI=1S/C27H46O2Si/c1-18-15-20-11-12-21-25(6,17-29-30(8,9)24(3,4)5)13-10-14-26(21,7)27(20)16-19(2)22(27)23(18)28/h18,20-22H,2,10-17H2,1,3-9H3/t18-,20-,21-,22+,25+,26-,27+/m0/s1. The van der Waals surface area contributed by atoms with Gasteiger partial charge in [0.2, 0.25) is 0 Å². The Kier molecular flexibility index (Phi) is 5.16. The first-order valence-electron chi connectivity index (χ1n) is 12.5. The predicted octanol–water partition coefficient (Wildman–Crippen LogP) is 7.40. The minimum Gasteiger partial charge on any atom is -0.416 e. The molecule has 4 saturated carbocycles. The summed E-state index contributed by atoms with van der Waals surface area (Å²) in [6, 6.07) is 0. The van der Waals surface area contributed by atoms with E-state index in [-0.39, 0.29) is 33.1 Å². The Labute approximate surface area is 186 Å². The van der Waals surface area contributed by atoms with Gasteiger partial charge in [-0.05, 0) is 84.7 Å². The van der Waals surface area contributed by atoms with Crippen LogP contribution in [0.25, 0.3) is 0 Å². The van der Waals surface area contributed by atoms with Gasteiger partial charge in [0.05, 0.1) is 0 Å². The van der Waals surface area contributed by atoms with Crippen LogP contribution < -0.4 is 0 Å². The van der Waals surface area contributed by atoms with Gasteiger partial charge in [0, 0.05) is 18.4 Å². The lowest BCUT2D eigenvalue weighted by Crippen LogP contribution is -2.70. The molecule has 0 heterocycles. The molecule has 0 N–H and O–H groups in total. The van der Waals surface area contributed by atoms with E-state index in [1.54, 1.807) is 0 Å². The molecule has 170 valence electrons. The molecule has 0 aromatic rings. The lowest BCUT2D eigenvalue weighted by Gasteiger charge is -2.74. The zero-order valence-electron chi connectivity index (χ0n) is 21.0. The predicted molar refractivity (Wildman–Crippen MR) is 128 cm³/mol. The third-order valence-corrected chi connectivity index (χ3v) is 15.5. The maximum Gasteiger partial charge on any atom is 0.192 e. The van der Waals surface area contributed by atoms with Crippen LogP contribution in [0.5, 0.6) is 0 Å². The van der Waals surface area contributed by atoms with Crippen molar-refractivity contribution in [2.24, 2.45) is 39.9 Å². The van der Waals surface area contributed by atoms with Crippen molar-refractivity contribution in [1.29, 1.82) is 0 Å². The van der Waals surface area contributed by atoms with Gasteiger partial charge < -0.3 is 4.43 Å². The van der Waals surface area contributed by atoms with E-state index in [2.05, 4.69) is 61.2 Å². The van der Waals surface area contributed by atoms with E-state index in [0.29, 0.717) is 17.6 Å². The number of rotatable bonds is 3. The van der Waals surface area contributed by atoms with Gasteiger partial charge in [0.15, 0.2) is 8.32 Å². The van der Waals surface area contributed by atoms with Crippen LogP contribution in [0, 0.1) is 39.9 Å². The molecule has 0 bridgehead atoms. The minimum atomic E-state index is -1.77. The molecular weight excluding hydrogens is 384 g/mol. The molecule has 0 aromatic carbocycles. The molecule has 2 nitrogen and oxygen atoms in total. The van der Waals surface area contributed by atoms with Crippen LogP contribution in [0.15, 0.2) is 12.2 Å². The van der Waals surface area contributed by atoms with Crippen molar-refractivity contribution in [2.75, 3.05) is 6.61 Å². The summed E-state index contributed by atoms with van der Waals surface area (Å²) in [4.78, 5) is 13.3. The molecule has 0 radical (unpaired) electrons. The summed E-state index contributed by atoms with van der Waals surface area (Å²) in [7, 11) is -1.77. The third-order valence-electron chi connectivity index (χ3n) is 11.1. The summed E-state index contributed by atoms with van der Waals surface area (Å²) in [5.41, 5.74) is 1.91. The fourth-order valence-electron chi connectivity index (χ4n) is 8.36. The second kappa shape index (κ2) is 6.79. The average molecular weight is 431 g/mol. The smallest absolute Gasteiger partial charge is 0.192 e. The van der Waals surface area contributed by atoms with E-state index in [9.17, 15) is 4.79 Å². The van der Waals surface area contributed by atoms with Gasteiger partial charge in [-0.2, -0.15) is 0 Å². The highest BCUT2D eigenvalue weighted by atomic mass is 28.4. The van der Waals surface area contributed by atoms with Crippen LogP contribution in [0.3, 0.4) is 0 Å². The number of carbonyl (C=O) groups is 1. The fraction of sp³-hybridized carbons (Fsp3) is 0.889. The molecule has 4 rings (SSSR count). The number of hydrogen-bond donors (Lipinski definition) is 0. The zero-order chi connectivity index (χ0) is 22.3. The Hall–Kier alpha value is -0.413. The van der Waals surface area contributed by atoms with Gasteiger partial charge in [-0.1, -0.05) is 60.1 Å². The highest BCUT2D eigenvalue weighted by Gasteiger charge is 2.72. The molecule has 0 unspecified atom stereocenters. The number of allylic oxidation sites excluding steroid dienone is 1. The number of carbonyl (C=O) groups excluding carboxylic acids is 1. The average Bonchev–Trinajstić information content (AvgIpc) is 2.60. The summed E-state index contributed by atoms with van der Waals surface area (Å²) in [5.74, 6) is 2.25. The highest BCUT2D eigenvalue weighted by molar-refractivity contribution is 6.74. The van der Waals surface area contributed by atoms with E-state index in [4.69, 9.17) is 4.43 Å². The highest BCUT2D eigenvalue weighted by Crippen LogP contribution is 2.77. The van der Waals surface area contributed by atoms with Crippen molar-refractivity contribution >= 4 is 14.1 Å². The van der Waals surface area contributed by atoms with E-state index in [1.807, 2.05) is 0 Å². The number of hydrogen-bond acceptors (Lipinski definition) is 2. The van der Waals surface area contributed by atoms with Crippen molar-refractivity contribution in [3.8, 4) is 0 Å². The van der Waals surface area contributed by atoms with Gasteiger partial charge in [0.25, 0.3) is 0 Å². The van der Waals surface area contributed by atoms with Crippen molar-refractivity contribution in [1.82, 2.24) is 0 Å². The Balaban J connectivity index is 1.66. The van der Waals surface area contributed by atoms with Crippen LogP contribution >= 0.6 is 0 Å². The van der Waals surface area contributed by atoms with Gasteiger partial charge >= 0.3 is 0 Å². The SMILES string of the molecule is C=C1C[C@]23[C@@H](CC[C@H]4[C@@](C)(CO[Si](C)(C)C(C)(C)C)CCC[C@@]42C)C[C@H](C)C(=O)[C@@H]13. The van der Waals surface area contributed by atoms with Gasteiger partial charge in [-0.25, -0.2) is 0 Å². The van der Waals surface area contributed by atoms with E-state index < -0.39 is 8.32 Å². The number of fused-ring (bicyclic) bond motifs is 1. The molecule has 1 spiro atoms. The van der Waals surface area contributed by atoms with Gasteiger partial charge in [-0.15, -0.1) is 0 Å². The summed E-state index contributed by atoms with van der Waals surface area (Å²) in [6.45, 7) is 24.4. The zero-order valence-corrected chi connectivity index (χ0v) is 22.0. The van der Waals surface area contributed by atoms with Crippen molar-refractivity contribution in [2.45, 2.75) is 105 Å². The van der Waals surface area contributed by atoms with Gasteiger partial charge in [0.1, 0.15) is 5.78 Å². The van der Waals surface area contributed by atoms with Crippen LogP contribution in [0.1, 0.15) is 86.5 Å². The number of ketones is 1. The van der Waals surface area contributed by atoms with E-state index in [0.717, 1.165) is 19.4 Å². The lowest BCUT2D eigenvalue weighted by molar-refractivity contribution is -0.226. The Morgan fingerprint density at radius 2 is 1.83 bits per heavy atom. The first-order chi connectivity index (χ1) is 13.7. The largest absolute Gasteiger partial charge is 0.416 e. The Bertz CT molecular complexity index is 748. The van der Waals surface area contributed by atoms with Crippen LogP contribution in [0.2, 0.25) is 18.1 Å².